The van der Waals surface area contributed by atoms with E-state index in [0.717, 1.165) is 37.1 Å². The van der Waals surface area contributed by atoms with Crippen molar-refractivity contribution in [1.29, 1.82) is 0 Å². The summed E-state index contributed by atoms with van der Waals surface area (Å²) in [5, 5.41) is 12.6. The van der Waals surface area contributed by atoms with Gasteiger partial charge in [-0.05, 0) is 49.6 Å². The van der Waals surface area contributed by atoms with Crippen LogP contribution in [0.2, 0.25) is 0 Å². The van der Waals surface area contributed by atoms with Crippen LogP contribution in [-0.2, 0) is 0 Å². The molecule has 2 N–H and O–H groups in total. The molecule has 1 saturated heterocycles. The van der Waals surface area contributed by atoms with Gasteiger partial charge in [-0.3, -0.25) is 9.78 Å². The number of likely N-dealkylation sites (tertiary alicyclic amines) is 1. The SMILES string of the molecule is CN1CCC(CCO)(NC(=O)c2cc(-c3ccccc3)ccn2)CC1. The van der Waals surface area contributed by atoms with E-state index in [1.165, 1.54) is 0 Å². The zero-order valence-electron chi connectivity index (χ0n) is 14.6. The van der Waals surface area contributed by atoms with Gasteiger partial charge in [0.2, 0.25) is 0 Å². The Bertz CT molecular complexity index is 710. The Labute approximate surface area is 148 Å². The minimum absolute atomic E-state index is 0.0709. The molecule has 1 aliphatic rings. The molecule has 0 bridgehead atoms. The van der Waals surface area contributed by atoms with Crippen LogP contribution in [0.3, 0.4) is 0 Å². The molecule has 5 heteroatoms. The number of benzene rings is 1. The first kappa shape index (κ1) is 17.6. The highest BCUT2D eigenvalue weighted by Crippen LogP contribution is 2.26. The van der Waals surface area contributed by atoms with Crippen LogP contribution < -0.4 is 5.32 Å². The molecule has 0 spiro atoms. The monoisotopic (exact) mass is 339 g/mol. The van der Waals surface area contributed by atoms with Crippen LogP contribution in [0.4, 0.5) is 0 Å². The molecule has 0 radical (unpaired) electrons. The zero-order chi connectivity index (χ0) is 17.7. The van der Waals surface area contributed by atoms with Gasteiger partial charge in [0.15, 0.2) is 0 Å². The number of carbonyl (C=O) groups is 1. The zero-order valence-corrected chi connectivity index (χ0v) is 14.6. The van der Waals surface area contributed by atoms with Gasteiger partial charge in [-0.1, -0.05) is 30.3 Å². The van der Waals surface area contributed by atoms with Crippen LogP contribution in [0, 0.1) is 0 Å². The fraction of sp³-hybridized carbons (Fsp3) is 0.400. The van der Waals surface area contributed by atoms with Gasteiger partial charge in [0.25, 0.3) is 5.91 Å². The largest absolute Gasteiger partial charge is 0.396 e. The molecule has 1 aromatic heterocycles. The minimum atomic E-state index is -0.344. The van der Waals surface area contributed by atoms with E-state index in [9.17, 15) is 9.90 Å². The van der Waals surface area contributed by atoms with Gasteiger partial charge >= 0.3 is 0 Å². The van der Waals surface area contributed by atoms with E-state index < -0.39 is 0 Å². The standard InChI is InChI=1S/C20H25N3O2/c1-23-12-8-20(9-13-23,10-14-24)22-19(25)18-15-17(7-11-21-18)16-5-3-2-4-6-16/h2-7,11,15,24H,8-10,12-14H2,1H3,(H,22,25). The number of nitrogens with zero attached hydrogens (tertiary/aromatic N) is 2. The van der Waals surface area contributed by atoms with Gasteiger partial charge < -0.3 is 15.3 Å². The molecular formula is C20H25N3O2. The number of aliphatic hydroxyl groups is 1. The van der Waals surface area contributed by atoms with Crippen molar-refractivity contribution in [3.63, 3.8) is 0 Å². The Balaban J connectivity index is 1.78. The summed E-state index contributed by atoms with van der Waals surface area (Å²) in [6.45, 7) is 1.90. The molecule has 1 aromatic carbocycles. The van der Waals surface area contributed by atoms with Crippen LogP contribution in [-0.4, -0.2) is 53.2 Å². The van der Waals surface area contributed by atoms with E-state index in [0.29, 0.717) is 12.1 Å². The highest BCUT2D eigenvalue weighted by atomic mass is 16.3. The van der Waals surface area contributed by atoms with Crippen LogP contribution in [0.25, 0.3) is 11.1 Å². The Hall–Kier alpha value is -2.24. The summed E-state index contributed by atoms with van der Waals surface area (Å²) in [6.07, 6.45) is 3.93. The lowest BCUT2D eigenvalue weighted by atomic mass is 9.84. The Kier molecular flexibility index (Phi) is 5.46. The fourth-order valence-corrected chi connectivity index (χ4v) is 3.37. The van der Waals surface area contributed by atoms with Crippen molar-refractivity contribution in [3.8, 4) is 11.1 Å². The van der Waals surface area contributed by atoms with Gasteiger partial charge in [-0.2, -0.15) is 0 Å². The van der Waals surface area contributed by atoms with E-state index in [1.807, 2.05) is 42.5 Å². The number of carbonyl (C=O) groups excluding carboxylic acids is 1. The predicted octanol–water partition coefficient (Wildman–Crippen LogP) is 2.33. The molecule has 0 unspecified atom stereocenters. The number of aliphatic hydroxyl groups excluding tert-OH is 1. The first-order valence-electron chi connectivity index (χ1n) is 8.75. The number of piperidine rings is 1. The molecule has 0 aliphatic carbocycles. The van der Waals surface area contributed by atoms with Crippen LogP contribution in [0.15, 0.2) is 48.7 Å². The number of pyridine rings is 1. The quantitative estimate of drug-likeness (QED) is 0.877. The van der Waals surface area contributed by atoms with Crippen molar-refractivity contribution in [2.45, 2.75) is 24.8 Å². The number of rotatable bonds is 5. The first-order chi connectivity index (χ1) is 12.1. The number of hydrogen-bond acceptors (Lipinski definition) is 4. The summed E-state index contributed by atoms with van der Waals surface area (Å²) in [6, 6.07) is 13.7. The topological polar surface area (TPSA) is 65.5 Å². The van der Waals surface area contributed by atoms with Crippen LogP contribution in [0.1, 0.15) is 29.8 Å². The maximum atomic E-state index is 12.8. The Morgan fingerprint density at radius 3 is 2.60 bits per heavy atom. The van der Waals surface area contributed by atoms with E-state index in [2.05, 4.69) is 22.2 Å². The lowest BCUT2D eigenvalue weighted by Crippen LogP contribution is -2.55. The van der Waals surface area contributed by atoms with E-state index in [1.54, 1.807) is 6.20 Å². The third-order valence-electron chi connectivity index (χ3n) is 5.01. The van der Waals surface area contributed by atoms with Gasteiger partial charge in [0.05, 0.1) is 0 Å². The van der Waals surface area contributed by atoms with Crippen molar-refractivity contribution in [3.05, 3.63) is 54.4 Å². The predicted molar refractivity (Wildman–Crippen MR) is 98.3 cm³/mol. The summed E-state index contributed by atoms with van der Waals surface area (Å²) in [5.41, 5.74) is 2.10. The Morgan fingerprint density at radius 2 is 1.92 bits per heavy atom. The highest BCUT2D eigenvalue weighted by molar-refractivity contribution is 5.94. The van der Waals surface area contributed by atoms with Crippen molar-refractivity contribution in [2.75, 3.05) is 26.7 Å². The average molecular weight is 339 g/mol. The molecule has 2 aromatic rings. The highest BCUT2D eigenvalue weighted by Gasteiger charge is 2.35. The van der Waals surface area contributed by atoms with Crippen molar-refractivity contribution >= 4 is 5.91 Å². The lowest BCUT2D eigenvalue weighted by molar-refractivity contribution is 0.0773. The maximum absolute atomic E-state index is 12.8. The molecule has 25 heavy (non-hydrogen) atoms. The van der Waals surface area contributed by atoms with Crippen molar-refractivity contribution < 1.29 is 9.90 Å². The molecule has 2 heterocycles. The summed E-state index contributed by atoms with van der Waals surface area (Å²) in [5.74, 6) is -0.171. The van der Waals surface area contributed by atoms with Gasteiger partial charge in [-0.15, -0.1) is 0 Å². The number of amides is 1. The minimum Gasteiger partial charge on any atom is -0.396 e. The normalized spacial score (nSPS) is 17.2. The second-order valence-electron chi connectivity index (χ2n) is 6.81. The van der Waals surface area contributed by atoms with E-state index in [-0.39, 0.29) is 18.1 Å². The molecule has 1 aliphatic heterocycles. The Morgan fingerprint density at radius 1 is 1.20 bits per heavy atom. The molecule has 0 atom stereocenters. The molecule has 132 valence electrons. The van der Waals surface area contributed by atoms with Gasteiger partial charge in [-0.25, -0.2) is 0 Å². The summed E-state index contributed by atoms with van der Waals surface area (Å²) >= 11 is 0. The van der Waals surface area contributed by atoms with Gasteiger partial charge in [0.1, 0.15) is 5.69 Å². The second-order valence-corrected chi connectivity index (χ2v) is 6.81. The van der Waals surface area contributed by atoms with Crippen molar-refractivity contribution in [2.24, 2.45) is 0 Å². The third kappa shape index (κ3) is 4.24. The lowest BCUT2D eigenvalue weighted by Gasteiger charge is -2.41. The van der Waals surface area contributed by atoms with E-state index >= 15 is 0 Å². The third-order valence-corrected chi connectivity index (χ3v) is 5.01. The average Bonchev–Trinajstić information content (AvgIpc) is 2.65. The van der Waals surface area contributed by atoms with Gasteiger partial charge in [0, 0.05) is 31.4 Å². The van der Waals surface area contributed by atoms with Crippen molar-refractivity contribution in [1.82, 2.24) is 15.2 Å². The molecule has 1 amide bonds. The van der Waals surface area contributed by atoms with E-state index in [4.69, 9.17) is 0 Å². The molecule has 0 saturated carbocycles. The fourth-order valence-electron chi connectivity index (χ4n) is 3.37. The number of nitrogens with one attached hydrogen (secondary N) is 1. The summed E-state index contributed by atoms with van der Waals surface area (Å²) < 4.78 is 0. The summed E-state index contributed by atoms with van der Waals surface area (Å²) in [7, 11) is 2.08. The molecule has 5 nitrogen and oxygen atoms in total. The molecule has 1 fully saturated rings. The number of hydrogen-bond donors (Lipinski definition) is 2. The molecular weight excluding hydrogens is 314 g/mol. The summed E-state index contributed by atoms with van der Waals surface area (Å²) in [4.78, 5) is 19.3. The molecule has 3 rings (SSSR count). The second kappa shape index (κ2) is 7.76. The maximum Gasteiger partial charge on any atom is 0.270 e. The first-order valence-corrected chi connectivity index (χ1v) is 8.75. The smallest absolute Gasteiger partial charge is 0.270 e. The number of aromatic nitrogens is 1. The van der Waals surface area contributed by atoms with Crippen LogP contribution >= 0.6 is 0 Å². The van der Waals surface area contributed by atoms with Crippen LogP contribution in [0.5, 0.6) is 0 Å².